The largest absolute Gasteiger partial charge is 0.504 e. The minimum absolute atomic E-state index is 0.00541. The lowest BCUT2D eigenvalue weighted by atomic mass is 9.99. The molecule has 2 rings (SSSR count). The Labute approximate surface area is 123 Å². The summed E-state index contributed by atoms with van der Waals surface area (Å²) in [4.78, 5) is 12.0. The summed E-state index contributed by atoms with van der Waals surface area (Å²) in [7, 11) is -3.01. The first kappa shape index (κ1) is 15.6. The number of hydrogen-bond donors (Lipinski definition) is 3. The van der Waals surface area contributed by atoms with Crippen molar-refractivity contribution in [1.29, 1.82) is 0 Å². The predicted octanol–water partition coefficient (Wildman–Crippen LogP) is 0.580. The molecule has 0 aliphatic carbocycles. The summed E-state index contributed by atoms with van der Waals surface area (Å²) in [6.07, 6.45) is 0.861. The molecule has 0 aromatic heterocycles. The molecule has 1 heterocycles. The van der Waals surface area contributed by atoms with E-state index in [0.29, 0.717) is 12.8 Å². The Morgan fingerprint density at radius 3 is 2.67 bits per heavy atom. The quantitative estimate of drug-likeness (QED) is 0.705. The van der Waals surface area contributed by atoms with Crippen LogP contribution < -0.4 is 5.32 Å². The van der Waals surface area contributed by atoms with Gasteiger partial charge >= 0.3 is 0 Å². The van der Waals surface area contributed by atoms with E-state index in [1.807, 2.05) is 0 Å². The molecule has 3 N–H and O–H groups in total. The summed E-state index contributed by atoms with van der Waals surface area (Å²) in [5.41, 5.74) is 0.729. The molecule has 1 aliphatic heterocycles. The molecule has 0 spiro atoms. The van der Waals surface area contributed by atoms with Gasteiger partial charge in [0.15, 0.2) is 21.3 Å². The van der Waals surface area contributed by atoms with E-state index in [9.17, 15) is 23.4 Å². The number of benzene rings is 1. The normalized spacial score (nSPS) is 21.9. The highest BCUT2D eigenvalue weighted by Gasteiger charge is 2.29. The summed E-state index contributed by atoms with van der Waals surface area (Å²) >= 11 is 0. The Morgan fingerprint density at radius 2 is 2.10 bits per heavy atom. The van der Waals surface area contributed by atoms with Crippen LogP contribution in [-0.2, 0) is 21.1 Å². The van der Waals surface area contributed by atoms with Gasteiger partial charge in [-0.15, -0.1) is 0 Å². The third kappa shape index (κ3) is 4.10. The molecule has 21 heavy (non-hydrogen) atoms. The number of hydrogen-bond acceptors (Lipinski definition) is 5. The van der Waals surface area contributed by atoms with Crippen molar-refractivity contribution in [2.24, 2.45) is 5.92 Å². The average Bonchev–Trinajstić information content (AvgIpc) is 2.73. The highest BCUT2D eigenvalue weighted by molar-refractivity contribution is 7.91. The zero-order chi connectivity index (χ0) is 15.6. The molecule has 1 saturated heterocycles. The van der Waals surface area contributed by atoms with E-state index in [-0.39, 0.29) is 40.9 Å². The number of amides is 1. The number of sulfone groups is 1. The first-order valence-electron chi connectivity index (χ1n) is 6.78. The van der Waals surface area contributed by atoms with Crippen molar-refractivity contribution >= 4 is 15.7 Å². The second-order valence-electron chi connectivity index (χ2n) is 5.54. The first-order chi connectivity index (χ1) is 9.77. The van der Waals surface area contributed by atoms with Crippen LogP contribution in [0.15, 0.2) is 18.2 Å². The zero-order valence-electron chi connectivity index (χ0n) is 11.7. The lowest BCUT2D eigenvalue weighted by Gasteiger charge is -2.16. The van der Waals surface area contributed by atoms with Gasteiger partial charge in [-0.3, -0.25) is 4.79 Å². The van der Waals surface area contributed by atoms with Gasteiger partial charge in [-0.1, -0.05) is 13.0 Å². The van der Waals surface area contributed by atoms with Gasteiger partial charge in [0.2, 0.25) is 5.91 Å². The summed E-state index contributed by atoms with van der Waals surface area (Å²) in [6, 6.07) is 4.12. The van der Waals surface area contributed by atoms with Crippen molar-refractivity contribution in [2.45, 2.75) is 25.8 Å². The Hall–Kier alpha value is -1.76. The number of rotatable bonds is 4. The Bertz CT molecular complexity index is 641. The highest BCUT2D eigenvalue weighted by Crippen LogP contribution is 2.26. The molecule has 0 bridgehead atoms. The highest BCUT2D eigenvalue weighted by atomic mass is 32.2. The number of phenols is 2. The van der Waals surface area contributed by atoms with E-state index in [1.165, 1.54) is 12.1 Å². The van der Waals surface area contributed by atoms with Crippen molar-refractivity contribution in [2.75, 3.05) is 11.5 Å². The second kappa shape index (κ2) is 5.93. The van der Waals surface area contributed by atoms with Crippen LogP contribution in [0.4, 0.5) is 0 Å². The minimum Gasteiger partial charge on any atom is -0.504 e. The van der Waals surface area contributed by atoms with Crippen LogP contribution in [0.3, 0.4) is 0 Å². The van der Waals surface area contributed by atoms with Gasteiger partial charge in [0.25, 0.3) is 0 Å². The molecule has 116 valence electrons. The summed E-state index contributed by atoms with van der Waals surface area (Å²) < 4.78 is 22.7. The van der Waals surface area contributed by atoms with E-state index in [4.69, 9.17) is 0 Å². The van der Waals surface area contributed by atoms with E-state index in [0.717, 1.165) is 5.56 Å². The Balaban J connectivity index is 1.92. The van der Waals surface area contributed by atoms with E-state index < -0.39 is 9.84 Å². The molecule has 1 aromatic rings. The lowest BCUT2D eigenvalue weighted by Crippen LogP contribution is -2.39. The molecule has 0 radical (unpaired) electrons. The van der Waals surface area contributed by atoms with Crippen molar-refractivity contribution in [3.05, 3.63) is 23.8 Å². The van der Waals surface area contributed by atoms with Crippen molar-refractivity contribution in [3.8, 4) is 11.5 Å². The van der Waals surface area contributed by atoms with Gasteiger partial charge < -0.3 is 15.5 Å². The van der Waals surface area contributed by atoms with Gasteiger partial charge in [-0.25, -0.2) is 8.42 Å². The topological polar surface area (TPSA) is 104 Å². The third-order valence-electron chi connectivity index (χ3n) is 3.61. The molecule has 2 unspecified atom stereocenters. The molecular formula is C14H19NO5S. The fourth-order valence-electron chi connectivity index (χ4n) is 2.39. The SMILES string of the molecule is CC(Cc1ccc(O)c(O)c1)C(=O)NC1CCS(=O)(=O)C1. The smallest absolute Gasteiger partial charge is 0.223 e. The summed E-state index contributed by atoms with van der Waals surface area (Å²) in [5, 5.41) is 21.4. The summed E-state index contributed by atoms with van der Waals surface area (Å²) in [5.74, 6) is -0.847. The maximum atomic E-state index is 12.0. The van der Waals surface area contributed by atoms with Gasteiger partial charge in [0, 0.05) is 12.0 Å². The molecule has 1 aliphatic rings. The molecule has 0 saturated carbocycles. The lowest BCUT2D eigenvalue weighted by molar-refractivity contribution is -0.125. The first-order valence-corrected chi connectivity index (χ1v) is 8.60. The van der Waals surface area contributed by atoms with Crippen LogP contribution in [0.25, 0.3) is 0 Å². The third-order valence-corrected chi connectivity index (χ3v) is 5.38. The molecule has 1 aromatic carbocycles. The number of aromatic hydroxyl groups is 2. The maximum absolute atomic E-state index is 12.0. The fourth-order valence-corrected chi connectivity index (χ4v) is 4.07. The van der Waals surface area contributed by atoms with E-state index >= 15 is 0 Å². The van der Waals surface area contributed by atoms with Gasteiger partial charge in [0.05, 0.1) is 11.5 Å². The molecule has 6 nitrogen and oxygen atoms in total. The minimum atomic E-state index is -3.01. The molecule has 7 heteroatoms. The number of nitrogens with one attached hydrogen (secondary N) is 1. The van der Waals surface area contributed by atoms with Gasteiger partial charge in [0.1, 0.15) is 0 Å². The fraction of sp³-hybridized carbons (Fsp3) is 0.500. The molecule has 1 fully saturated rings. The number of carbonyl (C=O) groups excluding carboxylic acids is 1. The Kier molecular flexibility index (Phi) is 4.41. The molecular weight excluding hydrogens is 294 g/mol. The zero-order valence-corrected chi connectivity index (χ0v) is 12.6. The van der Waals surface area contributed by atoms with Crippen LogP contribution in [-0.4, -0.2) is 42.1 Å². The average molecular weight is 313 g/mol. The van der Waals surface area contributed by atoms with Crippen LogP contribution in [0.5, 0.6) is 11.5 Å². The van der Waals surface area contributed by atoms with Crippen LogP contribution >= 0.6 is 0 Å². The van der Waals surface area contributed by atoms with Crippen molar-refractivity contribution in [3.63, 3.8) is 0 Å². The molecule has 2 atom stereocenters. The van der Waals surface area contributed by atoms with Crippen molar-refractivity contribution in [1.82, 2.24) is 5.32 Å². The molecule has 1 amide bonds. The number of phenolic OH excluding ortho intramolecular Hbond substituents is 2. The van der Waals surface area contributed by atoms with Crippen LogP contribution in [0.2, 0.25) is 0 Å². The van der Waals surface area contributed by atoms with Crippen molar-refractivity contribution < 1.29 is 23.4 Å². The second-order valence-corrected chi connectivity index (χ2v) is 7.77. The number of carbonyl (C=O) groups is 1. The standard InChI is InChI=1S/C14H19NO5S/c1-9(6-10-2-3-12(16)13(17)7-10)14(18)15-11-4-5-21(19,20)8-11/h2-3,7,9,11,16-17H,4-6,8H2,1H3,(H,15,18). The monoisotopic (exact) mass is 313 g/mol. The van der Waals surface area contributed by atoms with Gasteiger partial charge in [-0.05, 0) is 30.5 Å². The van der Waals surface area contributed by atoms with Gasteiger partial charge in [-0.2, -0.15) is 0 Å². The maximum Gasteiger partial charge on any atom is 0.223 e. The predicted molar refractivity (Wildman–Crippen MR) is 77.8 cm³/mol. The van der Waals surface area contributed by atoms with Crippen LogP contribution in [0.1, 0.15) is 18.9 Å². The summed E-state index contributed by atoms with van der Waals surface area (Å²) in [6.45, 7) is 1.74. The van der Waals surface area contributed by atoms with Crippen LogP contribution in [0, 0.1) is 5.92 Å². The van der Waals surface area contributed by atoms with E-state index in [2.05, 4.69) is 5.32 Å². The Morgan fingerprint density at radius 1 is 1.38 bits per heavy atom. The van der Waals surface area contributed by atoms with E-state index in [1.54, 1.807) is 13.0 Å².